The van der Waals surface area contributed by atoms with Crippen LogP contribution in [0.3, 0.4) is 0 Å². The Morgan fingerprint density at radius 1 is 1.69 bits per heavy atom. The molecule has 1 aromatic rings. The van der Waals surface area contributed by atoms with Crippen molar-refractivity contribution in [2.75, 3.05) is 25.2 Å². The first kappa shape index (κ1) is 11.9. The van der Waals surface area contributed by atoms with Gasteiger partial charge < -0.3 is 4.90 Å². The highest BCUT2D eigenvalue weighted by atomic mass is 35.5. The van der Waals surface area contributed by atoms with Gasteiger partial charge >= 0.3 is 0 Å². The van der Waals surface area contributed by atoms with E-state index in [1.165, 1.54) is 4.31 Å². The summed E-state index contributed by atoms with van der Waals surface area (Å²) in [5.74, 6) is 0. The highest BCUT2D eigenvalue weighted by Crippen LogP contribution is 2.41. The number of thiophene rings is 1. The smallest absolute Gasteiger partial charge is 0.255 e. The number of nitrogens with zero attached hydrogens (tertiary/aromatic N) is 2. The summed E-state index contributed by atoms with van der Waals surface area (Å²) in [7, 11) is -1.80. The van der Waals surface area contributed by atoms with Gasteiger partial charge in [0.1, 0.15) is 0 Å². The first-order valence-electron chi connectivity index (χ1n) is 4.58. The number of hydrogen-bond donors (Lipinski definition) is 0. The molecule has 0 fully saturated rings. The number of rotatable bonds is 2. The van der Waals surface area contributed by atoms with Crippen molar-refractivity contribution in [3.8, 4) is 0 Å². The average Bonchev–Trinajstić information content (AvgIpc) is 2.58. The molecule has 2 rings (SSSR count). The molecule has 1 aliphatic rings. The van der Waals surface area contributed by atoms with Crippen molar-refractivity contribution in [1.29, 1.82) is 0 Å². The molecular formula is C9H11ClN2O2S2. The van der Waals surface area contributed by atoms with Crippen molar-refractivity contribution < 1.29 is 8.42 Å². The van der Waals surface area contributed by atoms with E-state index < -0.39 is 10.0 Å². The van der Waals surface area contributed by atoms with Crippen molar-refractivity contribution in [2.45, 2.75) is 4.21 Å². The summed E-state index contributed by atoms with van der Waals surface area (Å²) in [6.07, 6.45) is 1.74. The Balaban J connectivity index is 2.57. The molecule has 7 heteroatoms. The third-order valence-electron chi connectivity index (χ3n) is 2.35. The molecule has 0 spiro atoms. The zero-order chi connectivity index (χ0) is 11.9. The van der Waals surface area contributed by atoms with Crippen LogP contribution in [0.25, 0.3) is 0 Å². The van der Waals surface area contributed by atoms with Crippen molar-refractivity contribution in [2.24, 2.45) is 0 Å². The second-order valence-electron chi connectivity index (χ2n) is 3.48. The maximum Gasteiger partial charge on any atom is 0.255 e. The quantitative estimate of drug-likeness (QED) is 0.777. The summed E-state index contributed by atoms with van der Waals surface area (Å²) >= 11 is 6.96. The van der Waals surface area contributed by atoms with E-state index in [4.69, 9.17) is 11.6 Å². The Labute approximate surface area is 104 Å². The van der Waals surface area contributed by atoms with Crippen LogP contribution in [0.5, 0.6) is 0 Å². The molecule has 1 aromatic heterocycles. The minimum Gasteiger partial charge on any atom is -0.352 e. The fourth-order valence-corrected chi connectivity index (χ4v) is 4.80. The van der Waals surface area contributed by atoms with Crippen LogP contribution in [0.1, 0.15) is 0 Å². The van der Waals surface area contributed by atoms with Crippen LogP contribution in [0.2, 0.25) is 4.34 Å². The minimum atomic E-state index is -3.36. The second kappa shape index (κ2) is 4.03. The molecular weight excluding hydrogens is 268 g/mol. The molecule has 0 unspecified atom stereocenters. The Bertz CT molecular complexity index is 524. The molecule has 0 saturated heterocycles. The standard InChI is InChI=1S/C9H11ClN2O2S2/c1-3-4-12-6-11(2)16(13,14)9-7(12)5-8(10)15-9/h3,5H,1,4,6H2,2H3. The van der Waals surface area contributed by atoms with Gasteiger partial charge in [-0.25, -0.2) is 8.42 Å². The topological polar surface area (TPSA) is 40.6 Å². The summed E-state index contributed by atoms with van der Waals surface area (Å²) < 4.78 is 26.1. The predicted octanol–water partition coefficient (Wildman–Crippen LogP) is 1.99. The lowest BCUT2D eigenvalue weighted by Crippen LogP contribution is -2.43. The normalized spacial score (nSPS) is 19.5. The lowest BCUT2D eigenvalue weighted by Gasteiger charge is -2.33. The van der Waals surface area contributed by atoms with Crippen LogP contribution in [-0.2, 0) is 10.0 Å². The molecule has 0 bridgehead atoms. The van der Waals surface area contributed by atoms with Crippen molar-refractivity contribution in [1.82, 2.24) is 4.31 Å². The SMILES string of the molecule is C=CCN1CN(C)S(=O)(=O)c2sc(Cl)cc21. The summed E-state index contributed by atoms with van der Waals surface area (Å²) in [4.78, 5) is 1.92. The van der Waals surface area contributed by atoms with Gasteiger partial charge in [-0.2, -0.15) is 4.31 Å². The Kier molecular flexibility index (Phi) is 3.00. The number of fused-ring (bicyclic) bond motifs is 1. The highest BCUT2D eigenvalue weighted by Gasteiger charge is 2.34. The molecule has 0 aliphatic carbocycles. The lowest BCUT2D eigenvalue weighted by molar-refractivity contribution is 0.457. The van der Waals surface area contributed by atoms with E-state index in [0.29, 0.717) is 27.4 Å². The van der Waals surface area contributed by atoms with Gasteiger partial charge in [-0.15, -0.1) is 17.9 Å². The minimum absolute atomic E-state index is 0.313. The molecule has 4 nitrogen and oxygen atoms in total. The summed E-state index contributed by atoms with van der Waals surface area (Å²) in [6, 6.07) is 1.69. The number of halogens is 1. The van der Waals surface area contributed by atoms with Crippen LogP contribution in [0, 0.1) is 0 Å². The van der Waals surface area contributed by atoms with E-state index in [0.717, 1.165) is 11.3 Å². The van der Waals surface area contributed by atoms with Gasteiger partial charge in [0.2, 0.25) is 0 Å². The van der Waals surface area contributed by atoms with E-state index in [1.54, 1.807) is 19.2 Å². The first-order chi connectivity index (χ1) is 7.46. The van der Waals surface area contributed by atoms with E-state index in [9.17, 15) is 8.42 Å². The van der Waals surface area contributed by atoms with Crippen LogP contribution in [0.15, 0.2) is 22.9 Å². The molecule has 1 aliphatic heterocycles. The van der Waals surface area contributed by atoms with Gasteiger partial charge in [-0.1, -0.05) is 17.7 Å². The number of sulfonamides is 1. The van der Waals surface area contributed by atoms with Crippen LogP contribution >= 0.6 is 22.9 Å². The van der Waals surface area contributed by atoms with Crippen LogP contribution in [0.4, 0.5) is 5.69 Å². The van der Waals surface area contributed by atoms with E-state index in [-0.39, 0.29) is 0 Å². The molecule has 88 valence electrons. The molecule has 0 radical (unpaired) electrons. The van der Waals surface area contributed by atoms with Gasteiger partial charge in [0.15, 0.2) is 4.21 Å². The van der Waals surface area contributed by atoms with Gasteiger partial charge in [-0.05, 0) is 6.07 Å². The molecule has 2 heterocycles. The monoisotopic (exact) mass is 278 g/mol. The number of anilines is 1. The van der Waals surface area contributed by atoms with Gasteiger partial charge in [0, 0.05) is 13.6 Å². The Morgan fingerprint density at radius 2 is 2.38 bits per heavy atom. The van der Waals surface area contributed by atoms with E-state index >= 15 is 0 Å². The molecule has 0 aromatic carbocycles. The largest absolute Gasteiger partial charge is 0.352 e. The van der Waals surface area contributed by atoms with Crippen LogP contribution in [-0.4, -0.2) is 33.0 Å². The first-order valence-corrected chi connectivity index (χ1v) is 7.22. The molecule has 0 atom stereocenters. The maximum atomic E-state index is 12.0. The summed E-state index contributed by atoms with van der Waals surface area (Å²) in [5.41, 5.74) is 0.674. The van der Waals surface area contributed by atoms with Crippen molar-refractivity contribution in [3.63, 3.8) is 0 Å². The van der Waals surface area contributed by atoms with Crippen molar-refractivity contribution in [3.05, 3.63) is 23.1 Å². The zero-order valence-corrected chi connectivity index (χ0v) is 11.1. The summed E-state index contributed by atoms with van der Waals surface area (Å²) in [6.45, 7) is 4.58. The Morgan fingerprint density at radius 3 is 3.00 bits per heavy atom. The fraction of sp³-hybridized carbons (Fsp3) is 0.333. The molecule has 0 saturated carbocycles. The second-order valence-corrected chi connectivity index (χ2v) is 7.40. The maximum absolute atomic E-state index is 12.0. The van der Waals surface area contributed by atoms with Crippen LogP contribution < -0.4 is 4.90 Å². The average molecular weight is 279 g/mol. The molecule has 0 N–H and O–H groups in total. The fourth-order valence-electron chi connectivity index (χ4n) is 1.59. The number of hydrogen-bond acceptors (Lipinski definition) is 4. The van der Waals surface area contributed by atoms with Gasteiger partial charge in [0.05, 0.1) is 16.7 Å². The third-order valence-corrected chi connectivity index (χ3v) is 5.90. The van der Waals surface area contributed by atoms with E-state index in [2.05, 4.69) is 6.58 Å². The van der Waals surface area contributed by atoms with E-state index in [1.807, 2.05) is 4.90 Å². The molecule has 16 heavy (non-hydrogen) atoms. The highest BCUT2D eigenvalue weighted by molar-refractivity contribution is 7.91. The summed E-state index contributed by atoms with van der Waals surface area (Å²) in [5, 5.41) is 0. The predicted molar refractivity (Wildman–Crippen MR) is 66.7 cm³/mol. The van der Waals surface area contributed by atoms with Gasteiger partial charge in [-0.3, -0.25) is 0 Å². The zero-order valence-electron chi connectivity index (χ0n) is 8.68. The van der Waals surface area contributed by atoms with Crippen molar-refractivity contribution >= 4 is 38.6 Å². The molecule has 0 amide bonds. The third kappa shape index (κ3) is 1.75. The Hall–Kier alpha value is -0.560. The van der Waals surface area contributed by atoms with Gasteiger partial charge in [0.25, 0.3) is 10.0 Å². The lowest BCUT2D eigenvalue weighted by atomic mass is 10.4.